The molecule has 0 aliphatic carbocycles. The van der Waals surface area contributed by atoms with Crippen molar-refractivity contribution in [1.82, 2.24) is 5.32 Å². The minimum atomic E-state index is -0.146. The summed E-state index contributed by atoms with van der Waals surface area (Å²) in [6.45, 7) is 4.01. The summed E-state index contributed by atoms with van der Waals surface area (Å²) in [6, 6.07) is 17.9. The Labute approximate surface area is 169 Å². The number of thiocarbonyl (C=S) groups is 1. The van der Waals surface area contributed by atoms with Gasteiger partial charge >= 0.3 is 0 Å². The molecular weight excluding hydrogens is 368 g/mol. The van der Waals surface area contributed by atoms with Crippen molar-refractivity contribution >= 4 is 45.8 Å². The first-order valence-electron chi connectivity index (χ1n) is 8.98. The van der Waals surface area contributed by atoms with Crippen molar-refractivity contribution in [1.29, 1.82) is 0 Å². The predicted molar refractivity (Wildman–Crippen MR) is 118 cm³/mol. The lowest BCUT2D eigenvalue weighted by atomic mass is 10.1. The van der Waals surface area contributed by atoms with E-state index in [9.17, 15) is 4.79 Å². The molecule has 4 nitrogen and oxygen atoms in total. The van der Waals surface area contributed by atoms with Gasteiger partial charge in [-0.25, -0.2) is 0 Å². The molecule has 3 aromatic rings. The SMILES string of the molecule is COc1ccc2cc(/C=C3\NC(=S)N(c4ccc(C)cc4C)C3=O)ccc2c1. The Morgan fingerprint density at radius 1 is 1.00 bits per heavy atom. The Balaban J connectivity index is 1.68. The van der Waals surface area contributed by atoms with Crippen molar-refractivity contribution in [3.8, 4) is 5.75 Å². The average molecular weight is 388 g/mol. The average Bonchev–Trinajstić information content (AvgIpc) is 2.95. The molecule has 0 saturated carbocycles. The van der Waals surface area contributed by atoms with Crippen LogP contribution in [0.2, 0.25) is 0 Å². The second-order valence-corrected chi connectivity index (χ2v) is 7.28. The number of hydrogen-bond acceptors (Lipinski definition) is 3. The molecule has 1 saturated heterocycles. The Morgan fingerprint density at radius 2 is 1.75 bits per heavy atom. The van der Waals surface area contributed by atoms with Gasteiger partial charge in [0.05, 0.1) is 12.8 Å². The van der Waals surface area contributed by atoms with E-state index in [4.69, 9.17) is 17.0 Å². The van der Waals surface area contributed by atoms with E-state index >= 15 is 0 Å². The van der Waals surface area contributed by atoms with Gasteiger partial charge in [-0.15, -0.1) is 0 Å². The molecule has 0 aromatic heterocycles. The summed E-state index contributed by atoms with van der Waals surface area (Å²) >= 11 is 5.43. The number of hydrogen-bond donors (Lipinski definition) is 1. The minimum absolute atomic E-state index is 0.146. The Kier molecular flexibility index (Phi) is 4.61. The summed E-state index contributed by atoms with van der Waals surface area (Å²) in [5, 5.41) is 5.62. The molecule has 140 valence electrons. The van der Waals surface area contributed by atoms with Crippen LogP contribution in [-0.4, -0.2) is 18.1 Å². The number of amides is 1. The van der Waals surface area contributed by atoms with Crippen LogP contribution < -0.4 is 15.0 Å². The molecule has 1 heterocycles. The quantitative estimate of drug-likeness (QED) is 0.520. The third kappa shape index (κ3) is 3.25. The van der Waals surface area contributed by atoms with E-state index in [1.54, 1.807) is 12.0 Å². The van der Waals surface area contributed by atoms with E-state index in [1.807, 2.05) is 74.5 Å². The summed E-state index contributed by atoms with van der Waals surface area (Å²) in [4.78, 5) is 14.6. The van der Waals surface area contributed by atoms with Gasteiger partial charge in [0.15, 0.2) is 5.11 Å². The monoisotopic (exact) mass is 388 g/mol. The van der Waals surface area contributed by atoms with Crippen molar-refractivity contribution in [2.24, 2.45) is 0 Å². The van der Waals surface area contributed by atoms with Crippen LogP contribution in [0.25, 0.3) is 16.8 Å². The lowest BCUT2D eigenvalue weighted by molar-refractivity contribution is -0.113. The number of carbonyl (C=O) groups is 1. The highest BCUT2D eigenvalue weighted by Crippen LogP contribution is 2.27. The van der Waals surface area contributed by atoms with Gasteiger partial charge in [-0.3, -0.25) is 9.69 Å². The Hall–Kier alpha value is -3.18. The first-order valence-corrected chi connectivity index (χ1v) is 9.39. The normalized spacial score (nSPS) is 15.4. The van der Waals surface area contributed by atoms with E-state index in [2.05, 4.69) is 5.32 Å². The van der Waals surface area contributed by atoms with E-state index in [0.29, 0.717) is 10.8 Å². The second-order valence-electron chi connectivity index (χ2n) is 6.89. The highest BCUT2D eigenvalue weighted by Gasteiger charge is 2.32. The summed E-state index contributed by atoms with van der Waals surface area (Å²) in [5.74, 6) is 0.674. The number of benzene rings is 3. The van der Waals surface area contributed by atoms with Crippen molar-refractivity contribution in [2.75, 3.05) is 12.0 Å². The molecule has 1 aliphatic heterocycles. The van der Waals surface area contributed by atoms with Crippen LogP contribution in [-0.2, 0) is 4.79 Å². The standard InChI is InChI=1S/C23H20N2O2S/c1-14-4-9-21(15(2)10-14)25-22(26)20(24-23(25)28)12-16-5-6-18-13-19(27-3)8-7-17(18)11-16/h4-13H,1-3H3,(H,24,28)/b20-12-. The van der Waals surface area contributed by atoms with Crippen LogP contribution in [0.1, 0.15) is 16.7 Å². The third-order valence-corrected chi connectivity index (χ3v) is 5.14. The van der Waals surface area contributed by atoms with Gasteiger partial charge in [0, 0.05) is 0 Å². The van der Waals surface area contributed by atoms with E-state index in [-0.39, 0.29) is 5.91 Å². The Bertz CT molecular complexity index is 1150. The van der Waals surface area contributed by atoms with Crippen molar-refractivity contribution in [3.63, 3.8) is 0 Å². The van der Waals surface area contributed by atoms with Gasteiger partial charge in [-0.05, 0) is 78.3 Å². The first kappa shape index (κ1) is 18.2. The maximum absolute atomic E-state index is 13.0. The fourth-order valence-corrected chi connectivity index (χ4v) is 3.73. The molecule has 28 heavy (non-hydrogen) atoms. The van der Waals surface area contributed by atoms with E-state index < -0.39 is 0 Å². The molecular formula is C23H20N2O2S. The molecule has 0 radical (unpaired) electrons. The zero-order valence-electron chi connectivity index (χ0n) is 15.9. The zero-order valence-corrected chi connectivity index (χ0v) is 16.8. The van der Waals surface area contributed by atoms with Crippen LogP contribution in [0.5, 0.6) is 5.75 Å². The molecule has 0 atom stereocenters. The van der Waals surface area contributed by atoms with Gasteiger partial charge in [0.1, 0.15) is 11.4 Å². The van der Waals surface area contributed by atoms with E-state index in [0.717, 1.165) is 38.9 Å². The number of ether oxygens (including phenoxy) is 1. The van der Waals surface area contributed by atoms with Gasteiger partial charge in [-0.2, -0.15) is 0 Å². The molecule has 1 fully saturated rings. The number of anilines is 1. The second kappa shape index (κ2) is 7.09. The molecule has 1 N–H and O–H groups in total. The number of nitrogens with zero attached hydrogens (tertiary/aromatic N) is 1. The summed E-state index contributed by atoms with van der Waals surface area (Å²) < 4.78 is 5.27. The number of fused-ring (bicyclic) bond motifs is 1. The predicted octanol–water partition coefficient (Wildman–Crippen LogP) is 4.73. The van der Waals surface area contributed by atoms with Gasteiger partial charge in [-0.1, -0.05) is 35.9 Å². The number of nitrogens with one attached hydrogen (secondary N) is 1. The number of aryl methyl sites for hydroxylation is 2. The maximum Gasteiger partial charge on any atom is 0.281 e. The van der Waals surface area contributed by atoms with Gasteiger partial charge in [0.25, 0.3) is 5.91 Å². The van der Waals surface area contributed by atoms with Gasteiger partial charge < -0.3 is 10.1 Å². The molecule has 0 spiro atoms. The highest BCUT2D eigenvalue weighted by molar-refractivity contribution is 7.80. The zero-order chi connectivity index (χ0) is 19.8. The van der Waals surface area contributed by atoms with Crippen molar-refractivity contribution < 1.29 is 9.53 Å². The van der Waals surface area contributed by atoms with Crippen LogP contribution in [0.3, 0.4) is 0 Å². The fraction of sp³-hybridized carbons (Fsp3) is 0.130. The minimum Gasteiger partial charge on any atom is -0.497 e. The molecule has 1 aliphatic rings. The smallest absolute Gasteiger partial charge is 0.281 e. The number of rotatable bonds is 3. The van der Waals surface area contributed by atoms with Crippen molar-refractivity contribution in [3.05, 3.63) is 77.0 Å². The van der Waals surface area contributed by atoms with Crippen LogP contribution in [0.15, 0.2) is 60.3 Å². The van der Waals surface area contributed by atoms with Crippen LogP contribution >= 0.6 is 12.2 Å². The molecule has 1 amide bonds. The van der Waals surface area contributed by atoms with Crippen LogP contribution in [0.4, 0.5) is 5.69 Å². The molecule has 0 bridgehead atoms. The number of methoxy groups -OCH3 is 1. The topological polar surface area (TPSA) is 41.6 Å². The highest BCUT2D eigenvalue weighted by atomic mass is 32.1. The summed E-state index contributed by atoms with van der Waals surface area (Å²) in [6.07, 6.45) is 1.84. The van der Waals surface area contributed by atoms with E-state index in [1.165, 1.54) is 0 Å². The third-order valence-electron chi connectivity index (χ3n) is 4.85. The Morgan fingerprint density at radius 3 is 2.50 bits per heavy atom. The summed E-state index contributed by atoms with van der Waals surface area (Å²) in [5.41, 5.74) is 4.37. The fourth-order valence-electron chi connectivity index (χ4n) is 3.44. The largest absolute Gasteiger partial charge is 0.497 e. The first-order chi connectivity index (χ1) is 13.5. The lowest BCUT2D eigenvalue weighted by Gasteiger charge is -2.17. The maximum atomic E-state index is 13.0. The molecule has 5 heteroatoms. The molecule has 3 aromatic carbocycles. The van der Waals surface area contributed by atoms with Crippen molar-refractivity contribution in [2.45, 2.75) is 13.8 Å². The van der Waals surface area contributed by atoms with Crippen LogP contribution in [0, 0.1) is 13.8 Å². The lowest BCUT2D eigenvalue weighted by Crippen LogP contribution is -2.30. The van der Waals surface area contributed by atoms with Gasteiger partial charge in [0.2, 0.25) is 0 Å². The number of carbonyl (C=O) groups excluding carboxylic acids is 1. The summed E-state index contributed by atoms with van der Waals surface area (Å²) in [7, 11) is 1.65. The molecule has 4 rings (SSSR count). The molecule has 0 unspecified atom stereocenters.